The molecule has 1 saturated carbocycles. The minimum absolute atomic E-state index is 0. The Hall–Kier alpha value is -0.760. The number of nitrogens with two attached hydrogens (primary N) is 3. The number of carbonyl (C=O) groups is 1. The van der Waals surface area contributed by atoms with E-state index in [0.29, 0.717) is 0 Å². The number of carboxylic acid groups (broad SMARTS) is 1. The van der Waals surface area contributed by atoms with Crippen LogP contribution in [-0.4, -0.2) is 40.3 Å². The maximum absolute atomic E-state index is 11.2. The van der Waals surface area contributed by atoms with Gasteiger partial charge in [0.2, 0.25) is 0 Å². The van der Waals surface area contributed by atoms with E-state index in [9.17, 15) is 15.0 Å². The van der Waals surface area contributed by atoms with Crippen LogP contribution in [0.4, 0.5) is 0 Å². The summed E-state index contributed by atoms with van der Waals surface area (Å²) in [6, 6.07) is -0.760. The number of aliphatic hydroxyl groups is 1. The van der Waals surface area contributed by atoms with Crippen molar-refractivity contribution in [2.24, 2.45) is 39.9 Å². The van der Waals surface area contributed by atoms with Crippen LogP contribution in [0.3, 0.4) is 0 Å². The van der Waals surface area contributed by atoms with Crippen molar-refractivity contribution in [3.63, 3.8) is 0 Å². The topological polar surface area (TPSA) is 148 Å². The Morgan fingerprint density at radius 1 is 1.27 bits per heavy atom. The molecule has 0 heterocycles. The largest absolute Gasteiger partial charge is 0.481 e. The maximum Gasteiger partial charge on any atom is 0.309 e. The predicted molar refractivity (Wildman–Crippen MR) is 91.4 cm³/mol. The van der Waals surface area contributed by atoms with Crippen molar-refractivity contribution in [1.82, 2.24) is 0 Å². The smallest absolute Gasteiger partial charge is 0.309 e. The molecule has 0 radical (unpaired) electrons. The molecule has 1 aliphatic carbocycles. The average Bonchev–Trinajstić information content (AvgIpc) is 2.66. The van der Waals surface area contributed by atoms with Crippen molar-refractivity contribution < 1.29 is 15.0 Å². The van der Waals surface area contributed by atoms with Gasteiger partial charge in [0.1, 0.15) is 0 Å². The fourth-order valence-electron chi connectivity index (χ4n) is 3.26. The first-order valence-electron chi connectivity index (χ1n) is 7.08. The fraction of sp³-hybridized carbons (Fsp3) is 0.846. The Kier molecular flexibility index (Phi) is 10.8. The highest BCUT2D eigenvalue weighted by Gasteiger charge is 2.49. The number of aliphatic hydroxyl groups excluding tert-OH is 1. The minimum Gasteiger partial charge on any atom is -0.481 e. The molecular weight excluding hydrogens is 331 g/mol. The third-order valence-electron chi connectivity index (χ3n) is 4.42. The van der Waals surface area contributed by atoms with Crippen LogP contribution in [0.5, 0.6) is 0 Å². The van der Waals surface area contributed by atoms with E-state index in [-0.39, 0.29) is 49.2 Å². The van der Waals surface area contributed by atoms with Crippen LogP contribution in [0, 0.1) is 17.8 Å². The Balaban J connectivity index is 0. The second-order valence-corrected chi connectivity index (χ2v) is 5.52. The SMILES string of the molecule is CCC(CC)[C@H](N)[C@@H]1[C@H](O)[C@@H](C(=O)O)C[C@H]1N=C(N)N.Cl.Cl. The van der Waals surface area contributed by atoms with Gasteiger partial charge in [-0.1, -0.05) is 26.7 Å². The highest BCUT2D eigenvalue weighted by molar-refractivity contribution is 5.85. The van der Waals surface area contributed by atoms with E-state index in [1.165, 1.54) is 0 Å². The van der Waals surface area contributed by atoms with E-state index >= 15 is 0 Å². The molecule has 22 heavy (non-hydrogen) atoms. The zero-order valence-electron chi connectivity index (χ0n) is 12.9. The van der Waals surface area contributed by atoms with E-state index in [4.69, 9.17) is 17.2 Å². The first-order valence-corrected chi connectivity index (χ1v) is 7.08. The summed E-state index contributed by atoms with van der Waals surface area (Å²) in [7, 11) is 0. The molecule has 0 aromatic heterocycles. The van der Waals surface area contributed by atoms with E-state index in [0.717, 1.165) is 12.8 Å². The van der Waals surface area contributed by atoms with Crippen molar-refractivity contribution >= 4 is 36.7 Å². The highest BCUT2D eigenvalue weighted by Crippen LogP contribution is 2.38. The molecule has 1 rings (SSSR count). The van der Waals surface area contributed by atoms with Gasteiger partial charge in [-0.05, 0) is 12.3 Å². The summed E-state index contributed by atoms with van der Waals surface area (Å²) < 4.78 is 0. The summed E-state index contributed by atoms with van der Waals surface area (Å²) >= 11 is 0. The summed E-state index contributed by atoms with van der Waals surface area (Å²) in [4.78, 5) is 15.3. The van der Waals surface area contributed by atoms with Crippen molar-refractivity contribution in [2.45, 2.75) is 51.3 Å². The second kappa shape index (κ2) is 10.1. The van der Waals surface area contributed by atoms with Gasteiger partial charge < -0.3 is 27.4 Å². The monoisotopic (exact) mass is 358 g/mol. The lowest BCUT2D eigenvalue weighted by molar-refractivity contribution is -0.145. The van der Waals surface area contributed by atoms with Gasteiger partial charge in [-0.2, -0.15) is 0 Å². The number of aliphatic carboxylic acids is 1. The van der Waals surface area contributed by atoms with Crippen LogP contribution in [0.1, 0.15) is 33.1 Å². The lowest BCUT2D eigenvalue weighted by Crippen LogP contribution is -2.46. The molecule has 7 nitrogen and oxygen atoms in total. The van der Waals surface area contributed by atoms with Crippen molar-refractivity contribution in [3.8, 4) is 0 Å². The number of hydrogen-bond donors (Lipinski definition) is 5. The Bertz CT molecular complexity index is 376. The average molecular weight is 359 g/mol. The van der Waals surface area contributed by atoms with Gasteiger partial charge in [0, 0.05) is 12.0 Å². The molecule has 0 aromatic carbocycles. The van der Waals surface area contributed by atoms with Gasteiger partial charge >= 0.3 is 5.97 Å². The Labute approximate surface area is 143 Å². The molecular formula is C13H28Cl2N4O3. The molecule has 132 valence electrons. The van der Waals surface area contributed by atoms with Crippen LogP contribution >= 0.6 is 24.8 Å². The van der Waals surface area contributed by atoms with Crippen LogP contribution in [-0.2, 0) is 4.79 Å². The van der Waals surface area contributed by atoms with E-state index in [2.05, 4.69) is 4.99 Å². The van der Waals surface area contributed by atoms with Gasteiger partial charge in [0.05, 0.1) is 18.1 Å². The van der Waals surface area contributed by atoms with Crippen LogP contribution < -0.4 is 17.2 Å². The lowest BCUT2D eigenvalue weighted by Gasteiger charge is -2.32. The molecule has 0 bridgehead atoms. The summed E-state index contributed by atoms with van der Waals surface area (Å²) in [5, 5.41) is 19.5. The van der Waals surface area contributed by atoms with Crippen LogP contribution in [0.15, 0.2) is 4.99 Å². The molecule has 5 atom stereocenters. The molecule has 0 aliphatic heterocycles. The molecule has 0 saturated heterocycles. The van der Waals surface area contributed by atoms with Crippen molar-refractivity contribution in [1.29, 1.82) is 0 Å². The highest BCUT2D eigenvalue weighted by atomic mass is 35.5. The summed E-state index contributed by atoms with van der Waals surface area (Å²) in [6.45, 7) is 4.05. The number of nitrogens with zero attached hydrogens (tertiary/aromatic N) is 1. The molecule has 8 N–H and O–H groups in total. The third-order valence-corrected chi connectivity index (χ3v) is 4.42. The molecule has 1 aliphatic rings. The number of halogens is 2. The third kappa shape index (κ3) is 5.15. The normalized spacial score (nSPS) is 28.4. The lowest BCUT2D eigenvalue weighted by atomic mass is 9.81. The number of rotatable bonds is 6. The second-order valence-electron chi connectivity index (χ2n) is 5.52. The number of hydrogen-bond acceptors (Lipinski definition) is 4. The molecule has 0 aromatic rings. The van der Waals surface area contributed by atoms with Crippen LogP contribution in [0.2, 0.25) is 0 Å². The molecule has 0 amide bonds. The Morgan fingerprint density at radius 2 is 1.77 bits per heavy atom. The van der Waals surface area contributed by atoms with Gasteiger partial charge in [0.15, 0.2) is 5.96 Å². The van der Waals surface area contributed by atoms with Gasteiger partial charge in [-0.25, -0.2) is 4.99 Å². The minimum atomic E-state index is -1.03. The molecule has 9 heteroatoms. The van der Waals surface area contributed by atoms with E-state index < -0.39 is 30.0 Å². The zero-order chi connectivity index (χ0) is 15.4. The standard InChI is InChI=1S/C13H26N4O3.2ClH/c1-3-6(4-2)10(14)9-8(17-13(15)16)5-7(11(9)18)12(19)20;;/h6-11,18H,3-5,14H2,1-2H3,(H,19,20)(H4,15,16,17);2*1H/t7-,8+,9+,10-,11+;;/m0../s1. The number of guanidine groups is 1. The summed E-state index contributed by atoms with van der Waals surface area (Å²) in [6.07, 6.45) is 0.934. The maximum atomic E-state index is 11.2. The first kappa shape index (κ1) is 23.5. The van der Waals surface area contributed by atoms with Gasteiger partial charge in [-0.3, -0.25) is 4.79 Å². The quantitative estimate of drug-likeness (QED) is 0.341. The zero-order valence-corrected chi connectivity index (χ0v) is 14.5. The van der Waals surface area contributed by atoms with Crippen LogP contribution in [0.25, 0.3) is 0 Å². The molecule has 1 fully saturated rings. The van der Waals surface area contributed by atoms with Crippen molar-refractivity contribution in [3.05, 3.63) is 0 Å². The summed E-state index contributed by atoms with van der Waals surface area (Å²) in [5.41, 5.74) is 17.1. The van der Waals surface area contributed by atoms with E-state index in [1.807, 2.05) is 13.8 Å². The summed E-state index contributed by atoms with van der Waals surface area (Å²) in [5.74, 6) is -2.22. The number of carboxylic acids is 1. The number of aliphatic imine (C=N–C) groups is 1. The van der Waals surface area contributed by atoms with Gasteiger partial charge in [-0.15, -0.1) is 24.8 Å². The Morgan fingerprint density at radius 3 is 2.14 bits per heavy atom. The first-order chi connectivity index (χ1) is 9.33. The molecule has 0 unspecified atom stereocenters. The van der Waals surface area contributed by atoms with Crippen molar-refractivity contribution in [2.75, 3.05) is 0 Å². The predicted octanol–water partition coefficient (Wildman–Crippen LogP) is 0.317. The van der Waals surface area contributed by atoms with Gasteiger partial charge in [0.25, 0.3) is 0 Å². The molecule has 0 spiro atoms. The fourth-order valence-corrected chi connectivity index (χ4v) is 3.26. The van der Waals surface area contributed by atoms with E-state index in [1.54, 1.807) is 0 Å².